The van der Waals surface area contributed by atoms with Crippen LogP contribution in [0.2, 0.25) is 0 Å². The topological polar surface area (TPSA) is 20.3 Å². The van der Waals surface area contributed by atoms with E-state index in [1.54, 1.807) is 11.4 Å². The van der Waals surface area contributed by atoms with Gasteiger partial charge < -0.3 is 4.90 Å². The predicted molar refractivity (Wildman–Crippen MR) is 54.5 cm³/mol. The van der Waals surface area contributed by atoms with Crippen molar-refractivity contribution in [1.82, 2.24) is 4.90 Å². The summed E-state index contributed by atoms with van der Waals surface area (Å²) in [6, 6.07) is 1.69. The van der Waals surface area contributed by atoms with E-state index in [9.17, 15) is 18.0 Å². The maximum absolute atomic E-state index is 12.0. The molecule has 0 radical (unpaired) electrons. The van der Waals surface area contributed by atoms with E-state index in [2.05, 4.69) is 15.9 Å². The predicted octanol–water partition coefficient (Wildman–Crippen LogP) is 3.03. The summed E-state index contributed by atoms with van der Waals surface area (Å²) >= 11 is 4.55. The number of carbonyl (C=O) groups is 1. The molecule has 15 heavy (non-hydrogen) atoms. The van der Waals surface area contributed by atoms with Gasteiger partial charge in [-0.1, -0.05) is 0 Å². The first-order chi connectivity index (χ1) is 6.80. The van der Waals surface area contributed by atoms with E-state index in [-0.39, 0.29) is 6.54 Å². The molecule has 0 atom stereocenters. The van der Waals surface area contributed by atoms with E-state index < -0.39 is 12.1 Å². The lowest BCUT2D eigenvalue weighted by atomic mass is 10.3. The van der Waals surface area contributed by atoms with Crippen LogP contribution in [0.5, 0.6) is 0 Å². The molecule has 1 aromatic rings. The molecule has 1 rings (SSSR count). The molecule has 0 aromatic carbocycles. The summed E-state index contributed by atoms with van der Waals surface area (Å²) in [7, 11) is 1.13. The monoisotopic (exact) mass is 301 g/mol. The number of hydrogen-bond donors (Lipinski definition) is 0. The first kappa shape index (κ1) is 12.5. The Hall–Kier alpha value is -0.560. The van der Waals surface area contributed by atoms with E-state index >= 15 is 0 Å². The minimum atomic E-state index is -4.80. The molecule has 0 aliphatic rings. The van der Waals surface area contributed by atoms with Gasteiger partial charge in [0.25, 0.3) is 0 Å². The fourth-order valence-electron chi connectivity index (χ4n) is 0.991. The molecule has 0 saturated heterocycles. The van der Waals surface area contributed by atoms with Crippen molar-refractivity contribution in [3.05, 3.63) is 20.8 Å². The lowest BCUT2D eigenvalue weighted by molar-refractivity contribution is -0.184. The molecule has 0 N–H and O–H groups in total. The van der Waals surface area contributed by atoms with Crippen molar-refractivity contribution in [3.63, 3.8) is 0 Å². The van der Waals surface area contributed by atoms with Gasteiger partial charge in [0.1, 0.15) is 0 Å². The van der Waals surface area contributed by atoms with Gasteiger partial charge in [-0.15, -0.1) is 11.3 Å². The van der Waals surface area contributed by atoms with Crippen molar-refractivity contribution in [3.8, 4) is 0 Å². The molecule has 2 nitrogen and oxygen atoms in total. The van der Waals surface area contributed by atoms with Crippen molar-refractivity contribution in [2.45, 2.75) is 12.7 Å². The highest BCUT2D eigenvalue weighted by atomic mass is 79.9. The van der Waals surface area contributed by atoms with E-state index in [0.717, 1.165) is 10.8 Å². The SMILES string of the molecule is CN(Cc1csc(Br)c1)C(=O)C(F)(F)F. The van der Waals surface area contributed by atoms with E-state index in [0.29, 0.717) is 10.5 Å². The number of thiophene rings is 1. The van der Waals surface area contributed by atoms with Gasteiger partial charge in [0.05, 0.1) is 3.79 Å². The third kappa shape index (κ3) is 3.49. The fraction of sp³-hybridized carbons (Fsp3) is 0.375. The summed E-state index contributed by atoms with van der Waals surface area (Å²) in [6.45, 7) is -0.0412. The number of carbonyl (C=O) groups excluding carboxylic acids is 1. The summed E-state index contributed by atoms with van der Waals surface area (Å²) < 4.78 is 36.9. The highest BCUT2D eigenvalue weighted by molar-refractivity contribution is 9.11. The molecular weight excluding hydrogens is 295 g/mol. The Morgan fingerprint density at radius 2 is 2.20 bits per heavy atom. The molecule has 7 heteroatoms. The maximum Gasteiger partial charge on any atom is 0.471 e. The normalized spacial score (nSPS) is 11.5. The van der Waals surface area contributed by atoms with Crippen LogP contribution in [0.1, 0.15) is 5.56 Å². The summed E-state index contributed by atoms with van der Waals surface area (Å²) in [4.78, 5) is 11.4. The van der Waals surface area contributed by atoms with Gasteiger partial charge in [-0.2, -0.15) is 13.2 Å². The van der Waals surface area contributed by atoms with Crippen LogP contribution in [0.25, 0.3) is 0 Å². The van der Waals surface area contributed by atoms with Crippen LogP contribution in [0.15, 0.2) is 15.2 Å². The summed E-state index contributed by atoms with van der Waals surface area (Å²) in [5, 5.41) is 1.70. The molecular formula is C8H7BrF3NOS. The zero-order chi connectivity index (χ0) is 11.6. The second-order valence-electron chi connectivity index (χ2n) is 2.92. The van der Waals surface area contributed by atoms with E-state index in [4.69, 9.17) is 0 Å². The Bertz CT molecular complexity index is 363. The number of alkyl halides is 3. The average Bonchev–Trinajstić information content (AvgIpc) is 2.48. The second-order valence-corrected chi connectivity index (χ2v) is 5.21. The molecule has 0 unspecified atom stereocenters. The summed E-state index contributed by atoms with van der Waals surface area (Å²) in [5.74, 6) is -1.83. The smallest absolute Gasteiger partial charge is 0.334 e. The Balaban J connectivity index is 2.64. The first-order valence-electron chi connectivity index (χ1n) is 3.86. The number of rotatable bonds is 2. The Labute approximate surface area is 96.8 Å². The molecule has 1 amide bonds. The second kappa shape index (κ2) is 4.52. The largest absolute Gasteiger partial charge is 0.471 e. The number of nitrogens with zero attached hydrogens (tertiary/aromatic N) is 1. The van der Waals surface area contributed by atoms with Crippen LogP contribution in [0.3, 0.4) is 0 Å². The van der Waals surface area contributed by atoms with Gasteiger partial charge in [0, 0.05) is 13.6 Å². The Morgan fingerprint density at radius 1 is 1.60 bits per heavy atom. The van der Waals surface area contributed by atoms with Crippen LogP contribution in [-0.2, 0) is 11.3 Å². The lowest BCUT2D eigenvalue weighted by Gasteiger charge is -2.17. The zero-order valence-corrected chi connectivity index (χ0v) is 10.0. The van der Waals surface area contributed by atoms with Crippen molar-refractivity contribution in [2.24, 2.45) is 0 Å². The Morgan fingerprint density at radius 3 is 2.60 bits per heavy atom. The molecule has 1 heterocycles. The molecule has 0 saturated carbocycles. The van der Waals surface area contributed by atoms with Gasteiger partial charge in [-0.3, -0.25) is 4.79 Å². The van der Waals surface area contributed by atoms with Crippen LogP contribution in [0, 0.1) is 0 Å². The van der Waals surface area contributed by atoms with Crippen molar-refractivity contribution in [1.29, 1.82) is 0 Å². The van der Waals surface area contributed by atoms with Gasteiger partial charge in [-0.05, 0) is 32.9 Å². The van der Waals surface area contributed by atoms with Crippen molar-refractivity contribution >= 4 is 33.2 Å². The maximum atomic E-state index is 12.0. The molecule has 1 aromatic heterocycles. The molecule has 0 bridgehead atoms. The zero-order valence-electron chi connectivity index (χ0n) is 7.64. The first-order valence-corrected chi connectivity index (χ1v) is 5.53. The van der Waals surface area contributed by atoms with Crippen molar-refractivity contribution < 1.29 is 18.0 Å². The minimum absolute atomic E-state index is 0.0412. The highest BCUT2D eigenvalue weighted by Crippen LogP contribution is 2.23. The Kier molecular flexibility index (Phi) is 3.77. The standard InChI is InChI=1S/C8H7BrF3NOS/c1-13(7(14)8(10,11)12)3-5-2-6(9)15-4-5/h2,4H,3H2,1H3. The molecule has 84 valence electrons. The van der Waals surface area contributed by atoms with Crippen LogP contribution in [0.4, 0.5) is 13.2 Å². The van der Waals surface area contributed by atoms with Crippen LogP contribution in [-0.4, -0.2) is 24.0 Å². The van der Waals surface area contributed by atoms with Gasteiger partial charge in [0.15, 0.2) is 0 Å². The third-order valence-electron chi connectivity index (χ3n) is 1.63. The van der Waals surface area contributed by atoms with E-state index in [1.807, 2.05) is 0 Å². The van der Waals surface area contributed by atoms with Crippen LogP contribution < -0.4 is 0 Å². The van der Waals surface area contributed by atoms with Gasteiger partial charge >= 0.3 is 12.1 Å². The highest BCUT2D eigenvalue weighted by Gasteiger charge is 2.41. The average molecular weight is 302 g/mol. The number of hydrogen-bond acceptors (Lipinski definition) is 2. The van der Waals surface area contributed by atoms with E-state index in [1.165, 1.54) is 11.3 Å². The number of halogens is 4. The molecule has 0 spiro atoms. The van der Waals surface area contributed by atoms with Gasteiger partial charge in [0.2, 0.25) is 0 Å². The quantitative estimate of drug-likeness (QED) is 0.822. The number of amides is 1. The lowest BCUT2D eigenvalue weighted by Crippen LogP contribution is -2.37. The summed E-state index contributed by atoms with van der Waals surface area (Å²) in [5.41, 5.74) is 0.673. The third-order valence-corrected chi connectivity index (χ3v) is 3.18. The molecule has 0 fully saturated rings. The van der Waals surface area contributed by atoms with Crippen LogP contribution >= 0.6 is 27.3 Å². The fourth-order valence-corrected chi connectivity index (χ4v) is 2.19. The minimum Gasteiger partial charge on any atom is -0.334 e. The molecule has 0 aliphatic heterocycles. The molecule has 0 aliphatic carbocycles. The van der Waals surface area contributed by atoms with Crippen molar-refractivity contribution in [2.75, 3.05) is 7.05 Å². The summed E-state index contributed by atoms with van der Waals surface area (Å²) in [6.07, 6.45) is -4.80. The van der Waals surface area contributed by atoms with Gasteiger partial charge in [-0.25, -0.2) is 0 Å².